The average molecular weight is 293 g/mol. The Morgan fingerprint density at radius 3 is 2.67 bits per heavy atom. The van der Waals surface area contributed by atoms with E-state index < -0.39 is 15.9 Å². The Hall–Kier alpha value is -0.690. The fourth-order valence-corrected chi connectivity index (χ4v) is 3.31. The van der Waals surface area contributed by atoms with Gasteiger partial charge in [0.1, 0.15) is 0 Å². The summed E-state index contributed by atoms with van der Waals surface area (Å²) < 4.78 is 38.4. The summed E-state index contributed by atoms with van der Waals surface area (Å²) >= 11 is 5.97. The molecule has 1 aliphatic heterocycles. The number of nitrogens with two attached hydrogens (primary N) is 1. The molecule has 1 saturated heterocycles. The minimum Gasteiger partial charge on any atom is -0.237 e. The van der Waals surface area contributed by atoms with Gasteiger partial charge in [-0.1, -0.05) is 29.8 Å². The first-order valence-electron chi connectivity index (χ1n) is 5.55. The second-order valence-corrected chi connectivity index (χ2v) is 6.38. The molecular formula is C11H14ClFN2O2S. The van der Waals surface area contributed by atoms with Crippen LogP contribution in [0.15, 0.2) is 24.3 Å². The van der Waals surface area contributed by atoms with Gasteiger partial charge >= 0.3 is 0 Å². The van der Waals surface area contributed by atoms with Crippen molar-refractivity contribution in [3.05, 3.63) is 34.9 Å². The van der Waals surface area contributed by atoms with E-state index in [-0.39, 0.29) is 19.5 Å². The van der Waals surface area contributed by atoms with Gasteiger partial charge in [0.05, 0.1) is 6.54 Å². The van der Waals surface area contributed by atoms with Crippen LogP contribution >= 0.6 is 11.6 Å². The Balaban J connectivity index is 2.35. The van der Waals surface area contributed by atoms with Crippen LogP contribution in [0.1, 0.15) is 18.4 Å². The molecule has 1 unspecified atom stereocenters. The number of nitrogens with zero attached hydrogens (tertiary/aromatic N) is 1. The molecule has 18 heavy (non-hydrogen) atoms. The maximum atomic E-state index is 14.9. The number of halogens is 2. The molecule has 100 valence electrons. The molecule has 1 aromatic rings. The van der Waals surface area contributed by atoms with Crippen molar-refractivity contribution < 1.29 is 12.8 Å². The molecule has 7 heteroatoms. The second kappa shape index (κ2) is 4.77. The average Bonchev–Trinajstić information content (AvgIpc) is 2.28. The largest absolute Gasteiger partial charge is 0.277 e. The number of hydrogen-bond acceptors (Lipinski definition) is 2. The van der Waals surface area contributed by atoms with Crippen molar-refractivity contribution in [2.24, 2.45) is 5.14 Å². The Labute approximate surface area is 111 Å². The van der Waals surface area contributed by atoms with Gasteiger partial charge in [0.2, 0.25) is 0 Å². The lowest BCUT2D eigenvalue weighted by Crippen LogP contribution is -2.48. The van der Waals surface area contributed by atoms with Gasteiger partial charge in [-0.15, -0.1) is 0 Å². The third-order valence-electron chi connectivity index (χ3n) is 3.12. The third kappa shape index (κ3) is 2.66. The first-order valence-corrected chi connectivity index (χ1v) is 7.43. The van der Waals surface area contributed by atoms with Gasteiger partial charge in [-0.05, 0) is 18.9 Å². The van der Waals surface area contributed by atoms with Gasteiger partial charge < -0.3 is 0 Å². The normalized spacial score (nSPS) is 26.2. The molecule has 1 aliphatic rings. The van der Waals surface area contributed by atoms with Crippen molar-refractivity contribution in [1.29, 1.82) is 0 Å². The molecule has 2 N–H and O–H groups in total. The maximum absolute atomic E-state index is 14.9. The zero-order chi connectivity index (χ0) is 13.4. The zero-order valence-corrected chi connectivity index (χ0v) is 11.2. The van der Waals surface area contributed by atoms with Crippen LogP contribution in [0.25, 0.3) is 0 Å². The van der Waals surface area contributed by atoms with Crippen LogP contribution in [-0.2, 0) is 15.9 Å². The molecule has 2 rings (SSSR count). The highest BCUT2D eigenvalue weighted by molar-refractivity contribution is 7.86. The molecule has 1 aromatic carbocycles. The Bertz CT molecular complexity index is 552. The van der Waals surface area contributed by atoms with Crippen LogP contribution in [0.2, 0.25) is 5.02 Å². The Morgan fingerprint density at radius 2 is 2.06 bits per heavy atom. The van der Waals surface area contributed by atoms with Gasteiger partial charge in [-0.2, -0.15) is 12.7 Å². The van der Waals surface area contributed by atoms with Crippen molar-refractivity contribution in [1.82, 2.24) is 4.31 Å². The lowest BCUT2D eigenvalue weighted by Gasteiger charge is -2.36. The fourth-order valence-electron chi connectivity index (χ4n) is 2.23. The molecule has 0 bridgehead atoms. The summed E-state index contributed by atoms with van der Waals surface area (Å²) in [4.78, 5) is 0. The summed E-state index contributed by atoms with van der Waals surface area (Å²) in [5.74, 6) is 0. The fraction of sp³-hybridized carbons (Fsp3) is 0.455. The molecule has 0 aliphatic carbocycles. The third-order valence-corrected chi connectivity index (χ3v) is 4.49. The molecule has 0 amide bonds. The summed E-state index contributed by atoms with van der Waals surface area (Å²) in [6.45, 7) is -0.0372. The van der Waals surface area contributed by atoms with E-state index in [1.54, 1.807) is 24.3 Å². The molecule has 1 atom stereocenters. The smallest absolute Gasteiger partial charge is 0.237 e. The highest BCUT2D eigenvalue weighted by atomic mass is 35.5. The first-order chi connectivity index (χ1) is 8.33. The summed E-state index contributed by atoms with van der Waals surface area (Å²) in [6.07, 6.45) is 0.654. The van der Waals surface area contributed by atoms with Gasteiger partial charge in [0.25, 0.3) is 10.2 Å². The predicted octanol–water partition coefficient (Wildman–Crippen LogP) is 1.80. The topological polar surface area (TPSA) is 63.4 Å². The van der Waals surface area contributed by atoms with E-state index >= 15 is 0 Å². The Morgan fingerprint density at radius 1 is 1.39 bits per heavy atom. The zero-order valence-electron chi connectivity index (χ0n) is 9.64. The van der Waals surface area contributed by atoms with Crippen molar-refractivity contribution in [2.75, 3.05) is 13.1 Å². The quantitative estimate of drug-likeness (QED) is 0.903. The lowest BCUT2D eigenvalue weighted by atomic mass is 9.88. The van der Waals surface area contributed by atoms with Crippen LogP contribution in [0.5, 0.6) is 0 Å². The second-order valence-electron chi connectivity index (χ2n) is 4.43. The number of alkyl halides is 1. The lowest BCUT2D eigenvalue weighted by molar-refractivity contribution is 0.0816. The molecule has 0 saturated carbocycles. The van der Waals surface area contributed by atoms with Gasteiger partial charge in [-0.3, -0.25) is 0 Å². The standard InChI is InChI=1S/C11H14ClFN2O2S/c12-10-5-2-1-4-9(10)11(13)6-3-7-15(8-11)18(14,16)17/h1-2,4-5H,3,6-8H2,(H2,14,16,17). The SMILES string of the molecule is NS(=O)(=O)N1CCCC(F)(c2ccccc2Cl)C1. The van der Waals surface area contributed by atoms with Gasteiger partial charge in [-0.25, -0.2) is 9.53 Å². The molecule has 1 heterocycles. The van der Waals surface area contributed by atoms with Crippen LogP contribution in [-0.4, -0.2) is 25.8 Å². The predicted molar refractivity (Wildman–Crippen MR) is 68.2 cm³/mol. The van der Waals surface area contributed by atoms with Crippen molar-refractivity contribution in [3.8, 4) is 0 Å². The summed E-state index contributed by atoms with van der Waals surface area (Å²) in [7, 11) is -3.87. The van der Waals surface area contributed by atoms with E-state index in [4.69, 9.17) is 16.7 Å². The van der Waals surface area contributed by atoms with E-state index in [0.29, 0.717) is 17.0 Å². The van der Waals surface area contributed by atoms with Crippen LogP contribution in [0, 0.1) is 0 Å². The molecule has 1 fully saturated rings. The number of benzene rings is 1. The minimum absolute atomic E-state index is 0.239. The first kappa shape index (κ1) is 13.7. The van der Waals surface area contributed by atoms with E-state index in [9.17, 15) is 12.8 Å². The summed E-state index contributed by atoms with van der Waals surface area (Å²) in [6, 6.07) is 6.55. The van der Waals surface area contributed by atoms with E-state index in [1.807, 2.05) is 0 Å². The molecule has 0 aromatic heterocycles. The van der Waals surface area contributed by atoms with Crippen LogP contribution in [0.4, 0.5) is 4.39 Å². The molecule has 0 spiro atoms. The van der Waals surface area contributed by atoms with E-state index in [2.05, 4.69) is 0 Å². The van der Waals surface area contributed by atoms with Crippen molar-refractivity contribution in [2.45, 2.75) is 18.5 Å². The van der Waals surface area contributed by atoms with Crippen molar-refractivity contribution in [3.63, 3.8) is 0 Å². The maximum Gasteiger partial charge on any atom is 0.277 e. The number of piperidine rings is 1. The van der Waals surface area contributed by atoms with E-state index in [1.165, 1.54) is 0 Å². The molecule has 4 nitrogen and oxygen atoms in total. The van der Waals surface area contributed by atoms with Crippen LogP contribution in [0.3, 0.4) is 0 Å². The molecule has 0 radical (unpaired) electrons. The highest BCUT2D eigenvalue weighted by Gasteiger charge is 2.41. The number of hydrogen-bond donors (Lipinski definition) is 1. The minimum atomic E-state index is -3.87. The van der Waals surface area contributed by atoms with E-state index in [0.717, 1.165) is 4.31 Å². The highest BCUT2D eigenvalue weighted by Crippen LogP contribution is 2.39. The van der Waals surface area contributed by atoms with Gasteiger partial charge in [0, 0.05) is 17.1 Å². The van der Waals surface area contributed by atoms with Crippen molar-refractivity contribution >= 4 is 21.8 Å². The summed E-state index contributed by atoms with van der Waals surface area (Å²) in [5, 5.41) is 5.35. The number of rotatable bonds is 2. The van der Waals surface area contributed by atoms with Crippen LogP contribution < -0.4 is 5.14 Å². The Kier molecular flexibility index (Phi) is 3.64. The molecular weight excluding hydrogens is 279 g/mol. The van der Waals surface area contributed by atoms with Gasteiger partial charge in [0.15, 0.2) is 5.67 Å². The monoisotopic (exact) mass is 292 g/mol. The summed E-state index contributed by atoms with van der Waals surface area (Å²) in [5.41, 5.74) is -1.46.